The monoisotopic (exact) mass is 140 g/mol. The summed E-state index contributed by atoms with van der Waals surface area (Å²) in [7, 11) is 0. The summed E-state index contributed by atoms with van der Waals surface area (Å²) in [6, 6.07) is 0. The van der Waals surface area contributed by atoms with Crippen LogP contribution in [0.1, 0.15) is 6.92 Å². The largest absolute Gasteiger partial charge is 0.0885 e. The number of halogens is 1. The number of hydrogen-bond acceptors (Lipinski definition) is 0. The molecule has 0 aromatic rings. The Balaban J connectivity index is 2.80. The van der Waals surface area contributed by atoms with E-state index in [1.165, 1.54) is 0 Å². The second-order valence-corrected chi connectivity index (χ2v) is 2.55. The second kappa shape index (κ2) is 2.88. The minimum atomic E-state index is 0.377. The van der Waals surface area contributed by atoms with Gasteiger partial charge in [-0.1, -0.05) is 42.8 Å². The third-order valence-electron chi connectivity index (χ3n) is 1.31. The molecule has 1 heteroatoms. The van der Waals surface area contributed by atoms with Gasteiger partial charge in [0.15, 0.2) is 0 Å². The average Bonchev–Trinajstić information content (AvgIpc) is 1.99. The van der Waals surface area contributed by atoms with E-state index in [0.717, 1.165) is 5.03 Å². The summed E-state index contributed by atoms with van der Waals surface area (Å²) >= 11 is 5.83. The molecule has 0 saturated heterocycles. The Kier molecular flexibility index (Phi) is 2.12. The van der Waals surface area contributed by atoms with Crippen molar-refractivity contribution >= 4 is 11.6 Å². The van der Waals surface area contributed by atoms with Crippen LogP contribution in [0.25, 0.3) is 0 Å². The molecule has 0 fully saturated rings. The Bertz CT molecular complexity index is 175. The first-order chi connectivity index (χ1) is 4.30. The molecule has 9 heavy (non-hydrogen) atoms. The lowest BCUT2D eigenvalue weighted by atomic mass is 10.1. The van der Waals surface area contributed by atoms with Crippen LogP contribution >= 0.6 is 11.6 Å². The van der Waals surface area contributed by atoms with Crippen LogP contribution in [0.4, 0.5) is 0 Å². The Labute approximate surface area is 60.5 Å². The maximum atomic E-state index is 5.83. The number of allylic oxidation sites excluding steroid dienone is 6. The van der Waals surface area contributed by atoms with E-state index in [9.17, 15) is 0 Å². The summed E-state index contributed by atoms with van der Waals surface area (Å²) in [5.41, 5.74) is 0. The summed E-state index contributed by atoms with van der Waals surface area (Å²) < 4.78 is 0. The Hall–Kier alpha value is -0.490. The minimum absolute atomic E-state index is 0.377. The lowest BCUT2D eigenvalue weighted by molar-refractivity contribution is 0.921. The van der Waals surface area contributed by atoms with E-state index >= 15 is 0 Å². The van der Waals surface area contributed by atoms with Crippen molar-refractivity contribution in [1.82, 2.24) is 0 Å². The average molecular weight is 141 g/mol. The highest BCUT2D eigenvalue weighted by atomic mass is 35.5. The van der Waals surface area contributed by atoms with Crippen molar-refractivity contribution in [2.24, 2.45) is 5.92 Å². The van der Waals surface area contributed by atoms with Crippen LogP contribution in [0, 0.1) is 5.92 Å². The molecule has 0 aliphatic heterocycles. The molecular formula is C8H9Cl. The zero-order valence-corrected chi connectivity index (χ0v) is 6.10. The summed E-state index contributed by atoms with van der Waals surface area (Å²) in [5.74, 6) is 0.377. The normalized spacial score (nSPS) is 25.6. The van der Waals surface area contributed by atoms with Crippen molar-refractivity contribution in [1.29, 1.82) is 0 Å². The lowest BCUT2D eigenvalue weighted by Gasteiger charge is -1.99. The van der Waals surface area contributed by atoms with Crippen molar-refractivity contribution in [3.63, 3.8) is 0 Å². The SMILES string of the molecule is CC1C=CC=CC=C1Cl. The molecule has 1 aliphatic carbocycles. The molecule has 0 N–H and O–H groups in total. The fraction of sp³-hybridized carbons (Fsp3) is 0.250. The van der Waals surface area contributed by atoms with Crippen LogP contribution in [0.15, 0.2) is 35.4 Å². The molecule has 0 radical (unpaired) electrons. The summed E-state index contributed by atoms with van der Waals surface area (Å²) in [4.78, 5) is 0. The van der Waals surface area contributed by atoms with Gasteiger partial charge in [0.05, 0.1) is 0 Å². The third-order valence-corrected chi connectivity index (χ3v) is 1.78. The van der Waals surface area contributed by atoms with E-state index in [1.54, 1.807) is 0 Å². The standard InChI is InChI=1S/C8H9Cl/c1-7-5-3-2-4-6-8(7)9/h2-7H,1H3. The van der Waals surface area contributed by atoms with Crippen LogP contribution in [-0.2, 0) is 0 Å². The molecule has 1 atom stereocenters. The Morgan fingerprint density at radius 1 is 1.33 bits per heavy atom. The van der Waals surface area contributed by atoms with E-state index in [0.29, 0.717) is 5.92 Å². The van der Waals surface area contributed by atoms with Gasteiger partial charge in [-0.15, -0.1) is 0 Å². The summed E-state index contributed by atoms with van der Waals surface area (Å²) in [6.45, 7) is 2.07. The molecule has 0 aromatic carbocycles. The van der Waals surface area contributed by atoms with Gasteiger partial charge >= 0.3 is 0 Å². The molecule has 48 valence electrons. The molecule has 0 bridgehead atoms. The van der Waals surface area contributed by atoms with Gasteiger partial charge < -0.3 is 0 Å². The van der Waals surface area contributed by atoms with Crippen LogP contribution in [0.2, 0.25) is 0 Å². The predicted octanol–water partition coefficient (Wildman–Crippen LogP) is 2.87. The van der Waals surface area contributed by atoms with Crippen LogP contribution < -0.4 is 0 Å². The molecular weight excluding hydrogens is 132 g/mol. The highest BCUT2D eigenvalue weighted by molar-refractivity contribution is 6.30. The minimum Gasteiger partial charge on any atom is -0.0885 e. The molecule has 0 aromatic heterocycles. The molecule has 0 nitrogen and oxygen atoms in total. The van der Waals surface area contributed by atoms with E-state index in [4.69, 9.17) is 11.6 Å². The first-order valence-electron chi connectivity index (χ1n) is 3.01. The third kappa shape index (κ3) is 1.72. The van der Waals surface area contributed by atoms with Crippen LogP contribution in [-0.4, -0.2) is 0 Å². The predicted molar refractivity (Wildman–Crippen MR) is 41.4 cm³/mol. The molecule has 0 heterocycles. The van der Waals surface area contributed by atoms with Crippen molar-refractivity contribution < 1.29 is 0 Å². The zero-order chi connectivity index (χ0) is 6.69. The van der Waals surface area contributed by atoms with E-state index in [1.807, 2.05) is 24.3 Å². The number of hydrogen-bond donors (Lipinski definition) is 0. The molecule has 1 unspecified atom stereocenters. The van der Waals surface area contributed by atoms with Crippen molar-refractivity contribution in [3.05, 3.63) is 35.4 Å². The van der Waals surface area contributed by atoms with Gasteiger partial charge in [0.2, 0.25) is 0 Å². The van der Waals surface area contributed by atoms with Crippen LogP contribution in [0.5, 0.6) is 0 Å². The van der Waals surface area contributed by atoms with Gasteiger partial charge in [0, 0.05) is 11.0 Å². The van der Waals surface area contributed by atoms with E-state index < -0.39 is 0 Å². The lowest BCUT2D eigenvalue weighted by Crippen LogP contribution is -1.85. The number of rotatable bonds is 0. The van der Waals surface area contributed by atoms with Gasteiger partial charge in [0.25, 0.3) is 0 Å². The van der Waals surface area contributed by atoms with E-state index in [2.05, 4.69) is 13.0 Å². The fourth-order valence-corrected chi connectivity index (χ4v) is 0.832. The maximum Gasteiger partial charge on any atom is 0.0246 e. The Morgan fingerprint density at radius 3 is 2.89 bits per heavy atom. The van der Waals surface area contributed by atoms with Crippen molar-refractivity contribution in [2.45, 2.75) is 6.92 Å². The highest BCUT2D eigenvalue weighted by Gasteiger charge is 2.00. The van der Waals surface area contributed by atoms with Crippen molar-refractivity contribution in [2.75, 3.05) is 0 Å². The summed E-state index contributed by atoms with van der Waals surface area (Å²) in [5, 5.41) is 0.903. The fourth-order valence-electron chi connectivity index (χ4n) is 0.686. The molecule has 0 spiro atoms. The Morgan fingerprint density at radius 2 is 2.11 bits per heavy atom. The smallest absolute Gasteiger partial charge is 0.0246 e. The first-order valence-corrected chi connectivity index (χ1v) is 3.39. The molecule has 0 saturated carbocycles. The molecule has 0 amide bonds. The van der Waals surface area contributed by atoms with Gasteiger partial charge in [-0.25, -0.2) is 0 Å². The summed E-state index contributed by atoms with van der Waals surface area (Å²) in [6.07, 6.45) is 9.93. The quantitative estimate of drug-likeness (QED) is 0.486. The van der Waals surface area contributed by atoms with Gasteiger partial charge in [0.1, 0.15) is 0 Å². The highest BCUT2D eigenvalue weighted by Crippen LogP contribution is 2.17. The van der Waals surface area contributed by atoms with Crippen molar-refractivity contribution in [3.8, 4) is 0 Å². The van der Waals surface area contributed by atoms with Gasteiger partial charge in [-0.05, 0) is 6.08 Å². The van der Waals surface area contributed by atoms with E-state index in [-0.39, 0.29) is 0 Å². The molecule has 1 aliphatic rings. The first kappa shape index (κ1) is 6.63. The van der Waals surface area contributed by atoms with Crippen LogP contribution in [0.3, 0.4) is 0 Å². The topological polar surface area (TPSA) is 0 Å². The second-order valence-electron chi connectivity index (χ2n) is 2.11. The zero-order valence-electron chi connectivity index (χ0n) is 5.34. The van der Waals surface area contributed by atoms with Gasteiger partial charge in [-0.2, -0.15) is 0 Å². The van der Waals surface area contributed by atoms with Gasteiger partial charge in [-0.3, -0.25) is 0 Å². The molecule has 1 rings (SSSR count). The maximum absolute atomic E-state index is 5.83.